The van der Waals surface area contributed by atoms with Crippen LogP contribution in [-0.2, 0) is 0 Å². The molecule has 1 aromatic rings. The highest BCUT2D eigenvalue weighted by Crippen LogP contribution is 2.40. The standard InChI is InChI=1S/C36H67NO3/c1-27(2)13-10-16-30(7)19-22-38-34-25-33(37)26-35(39-23-20-31(8)17-11-14-28(3)4)36(34)40-24-21-32(9)18-12-15-29(5)6/h25-32H,10-24,37H2,1-9H3/t30-,31-,32-/m0/s1. The summed E-state index contributed by atoms with van der Waals surface area (Å²) in [5.74, 6) is 6.41. The van der Waals surface area contributed by atoms with Gasteiger partial charge in [0.15, 0.2) is 11.5 Å². The Bertz CT molecular complexity index is 713. The van der Waals surface area contributed by atoms with E-state index in [9.17, 15) is 0 Å². The Morgan fingerprint density at radius 2 is 0.800 bits per heavy atom. The third-order valence-electron chi connectivity index (χ3n) is 8.07. The first-order valence-corrected chi connectivity index (χ1v) is 16.8. The minimum absolute atomic E-state index is 0.639. The largest absolute Gasteiger partial charge is 0.489 e. The summed E-state index contributed by atoms with van der Waals surface area (Å²) in [7, 11) is 0. The molecule has 0 unspecified atom stereocenters. The Labute approximate surface area is 249 Å². The van der Waals surface area contributed by atoms with Crippen molar-refractivity contribution in [3.8, 4) is 17.2 Å². The first-order chi connectivity index (χ1) is 19.0. The molecule has 0 aliphatic carbocycles. The Kier molecular flexibility index (Phi) is 19.3. The molecule has 0 aliphatic heterocycles. The van der Waals surface area contributed by atoms with Crippen molar-refractivity contribution in [2.24, 2.45) is 35.5 Å². The molecule has 234 valence electrons. The van der Waals surface area contributed by atoms with Crippen LogP contribution < -0.4 is 19.9 Å². The molecular formula is C36H67NO3. The molecule has 4 heteroatoms. The average molecular weight is 562 g/mol. The predicted molar refractivity (Wildman–Crippen MR) is 175 cm³/mol. The maximum Gasteiger partial charge on any atom is 0.203 e. The Balaban J connectivity index is 2.79. The highest BCUT2D eigenvalue weighted by atomic mass is 16.5. The molecule has 0 fully saturated rings. The number of nitrogen functional groups attached to an aromatic ring is 1. The van der Waals surface area contributed by atoms with Crippen molar-refractivity contribution in [1.82, 2.24) is 0 Å². The number of nitrogens with two attached hydrogens (primary N) is 1. The maximum atomic E-state index is 6.41. The SMILES string of the molecule is CC(C)CCC[C@H](C)CCOc1cc(N)cc(OCC[C@@H](C)CCCC(C)C)c1OCC[C@@H](C)CCCC(C)C. The number of hydrogen-bond acceptors (Lipinski definition) is 4. The van der Waals surface area contributed by atoms with Gasteiger partial charge in [0.05, 0.1) is 19.8 Å². The highest BCUT2D eigenvalue weighted by molar-refractivity contribution is 5.60. The van der Waals surface area contributed by atoms with Crippen LogP contribution in [0.5, 0.6) is 17.2 Å². The van der Waals surface area contributed by atoms with E-state index in [1.165, 1.54) is 57.8 Å². The lowest BCUT2D eigenvalue weighted by Crippen LogP contribution is -2.11. The Morgan fingerprint density at radius 1 is 0.475 bits per heavy atom. The first kappa shape index (κ1) is 36.4. The summed E-state index contributed by atoms with van der Waals surface area (Å²) < 4.78 is 19.1. The lowest BCUT2D eigenvalue weighted by molar-refractivity contribution is 0.216. The summed E-state index contributed by atoms with van der Waals surface area (Å²) in [5.41, 5.74) is 6.98. The zero-order chi connectivity index (χ0) is 29.9. The van der Waals surface area contributed by atoms with Crippen molar-refractivity contribution in [3.63, 3.8) is 0 Å². The van der Waals surface area contributed by atoms with Crippen LogP contribution in [0.15, 0.2) is 12.1 Å². The summed E-state index contributed by atoms with van der Waals surface area (Å²) in [4.78, 5) is 0. The summed E-state index contributed by atoms with van der Waals surface area (Å²) in [6.45, 7) is 22.8. The zero-order valence-corrected chi connectivity index (χ0v) is 28.0. The first-order valence-electron chi connectivity index (χ1n) is 16.8. The van der Waals surface area contributed by atoms with Gasteiger partial charge < -0.3 is 19.9 Å². The predicted octanol–water partition coefficient (Wildman–Crippen LogP) is 11.0. The van der Waals surface area contributed by atoms with Crippen molar-refractivity contribution in [1.29, 1.82) is 0 Å². The molecule has 3 atom stereocenters. The molecule has 40 heavy (non-hydrogen) atoms. The highest BCUT2D eigenvalue weighted by Gasteiger charge is 2.17. The molecule has 0 bridgehead atoms. The summed E-state index contributed by atoms with van der Waals surface area (Å²) >= 11 is 0. The van der Waals surface area contributed by atoms with Crippen LogP contribution in [-0.4, -0.2) is 19.8 Å². The van der Waals surface area contributed by atoms with Gasteiger partial charge in [-0.1, -0.05) is 120 Å². The van der Waals surface area contributed by atoms with Crippen LogP contribution in [0, 0.1) is 35.5 Å². The number of benzene rings is 1. The second kappa shape index (κ2) is 21.2. The van der Waals surface area contributed by atoms with E-state index >= 15 is 0 Å². The fourth-order valence-corrected chi connectivity index (χ4v) is 5.11. The van der Waals surface area contributed by atoms with Gasteiger partial charge in [-0.15, -0.1) is 0 Å². The van der Waals surface area contributed by atoms with Crippen LogP contribution in [0.3, 0.4) is 0 Å². The van der Waals surface area contributed by atoms with Crippen LogP contribution in [0.2, 0.25) is 0 Å². The van der Waals surface area contributed by atoms with Crippen LogP contribution >= 0.6 is 0 Å². The molecule has 0 amide bonds. The summed E-state index contributed by atoms with van der Waals surface area (Å²) in [6, 6.07) is 3.82. The van der Waals surface area contributed by atoms with Gasteiger partial charge in [0.2, 0.25) is 5.75 Å². The minimum atomic E-state index is 0.639. The quantitative estimate of drug-likeness (QED) is 0.128. The molecule has 0 aliphatic rings. The van der Waals surface area contributed by atoms with Gasteiger partial charge in [-0.05, 0) is 54.8 Å². The normalized spacial score (nSPS) is 14.1. The van der Waals surface area contributed by atoms with E-state index < -0.39 is 0 Å². The Hall–Kier alpha value is -1.58. The topological polar surface area (TPSA) is 53.7 Å². The minimum Gasteiger partial charge on any atom is -0.489 e. The fraction of sp³-hybridized carbons (Fsp3) is 0.833. The molecule has 0 radical (unpaired) electrons. The second-order valence-electron chi connectivity index (χ2n) is 14.0. The van der Waals surface area contributed by atoms with Crippen LogP contribution in [0.1, 0.15) is 139 Å². The van der Waals surface area contributed by atoms with Crippen molar-refractivity contribution in [2.75, 3.05) is 25.6 Å². The number of hydrogen-bond donors (Lipinski definition) is 1. The zero-order valence-electron chi connectivity index (χ0n) is 28.0. The average Bonchev–Trinajstić information content (AvgIpc) is 2.84. The monoisotopic (exact) mass is 562 g/mol. The fourth-order valence-electron chi connectivity index (χ4n) is 5.11. The van der Waals surface area contributed by atoms with Crippen LogP contribution in [0.25, 0.3) is 0 Å². The van der Waals surface area contributed by atoms with Gasteiger partial charge in [0, 0.05) is 17.8 Å². The van der Waals surface area contributed by atoms with E-state index in [1.54, 1.807) is 0 Å². The summed E-state index contributed by atoms with van der Waals surface area (Å²) in [6.07, 6.45) is 14.6. The van der Waals surface area contributed by atoms with Crippen molar-refractivity contribution >= 4 is 5.69 Å². The van der Waals surface area contributed by atoms with Gasteiger partial charge in [0.1, 0.15) is 0 Å². The van der Waals surface area contributed by atoms with E-state index in [4.69, 9.17) is 19.9 Å². The number of rotatable bonds is 24. The third-order valence-corrected chi connectivity index (χ3v) is 8.07. The molecule has 0 spiro atoms. The van der Waals surface area contributed by atoms with Crippen molar-refractivity contribution < 1.29 is 14.2 Å². The lowest BCUT2D eigenvalue weighted by atomic mass is 9.97. The molecule has 1 aromatic carbocycles. The Morgan fingerprint density at radius 3 is 1.12 bits per heavy atom. The molecule has 0 aromatic heterocycles. The summed E-state index contributed by atoms with van der Waals surface area (Å²) in [5, 5.41) is 0. The molecular weight excluding hydrogens is 494 g/mol. The third kappa shape index (κ3) is 18.0. The van der Waals surface area contributed by atoms with E-state index in [2.05, 4.69) is 62.3 Å². The molecule has 0 saturated heterocycles. The van der Waals surface area contributed by atoms with E-state index in [0.717, 1.165) is 54.3 Å². The van der Waals surface area contributed by atoms with E-state index in [-0.39, 0.29) is 0 Å². The lowest BCUT2D eigenvalue weighted by Gasteiger charge is -2.20. The van der Waals surface area contributed by atoms with Crippen molar-refractivity contribution in [3.05, 3.63) is 12.1 Å². The van der Waals surface area contributed by atoms with Gasteiger partial charge >= 0.3 is 0 Å². The number of anilines is 1. The molecule has 2 N–H and O–H groups in total. The van der Waals surface area contributed by atoms with Gasteiger partial charge in [-0.25, -0.2) is 0 Å². The van der Waals surface area contributed by atoms with Gasteiger partial charge in [-0.2, -0.15) is 0 Å². The van der Waals surface area contributed by atoms with Gasteiger partial charge in [0.25, 0.3) is 0 Å². The van der Waals surface area contributed by atoms with E-state index in [1.807, 2.05) is 12.1 Å². The molecule has 4 nitrogen and oxygen atoms in total. The molecule has 0 saturated carbocycles. The van der Waals surface area contributed by atoms with E-state index in [0.29, 0.717) is 43.3 Å². The number of ether oxygens (including phenoxy) is 3. The van der Waals surface area contributed by atoms with Crippen LogP contribution in [0.4, 0.5) is 5.69 Å². The smallest absolute Gasteiger partial charge is 0.203 e. The van der Waals surface area contributed by atoms with Gasteiger partial charge in [-0.3, -0.25) is 0 Å². The van der Waals surface area contributed by atoms with Crippen molar-refractivity contribution in [2.45, 2.75) is 139 Å². The molecule has 1 rings (SSSR count). The molecule has 0 heterocycles. The maximum absolute atomic E-state index is 6.41. The second-order valence-corrected chi connectivity index (χ2v) is 14.0.